The second kappa shape index (κ2) is 6.70. The van der Waals surface area contributed by atoms with E-state index < -0.39 is 0 Å². The molecule has 1 aliphatic carbocycles. The molecule has 0 radical (unpaired) electrons. The second-order valence-corrected chi connectivity index (χ2v) is 6.66. The van der Waals surface area contributed by atoms with Crippen LogP contribution in [0.3, 0.4) is 0 Å². The van der Waals surface area contributed by atoms with Gasteiger partial charge in [-0.1, -0.05) is 72.9 Å². The van der Waals surface area contributed by atoms with Crippen LogP contribution < -0.4 is 0 Å². The molecule has 0 N–H and O–H groups in total. The van der Waals surface area contributed by atoms with Crippen LogP contribution in [0.1, 0.15) is 23.2 Å². The molecule has 3 aromatic rings. The third-order valence-electron chi connectivity index (χ3n) is 4.73. The first-order chi connectivity index (χ1) is 11.8. The minimum absolute atomic E-state index is 0.789. The van der Waals surface area contributed by atoms with E-state index in [9.17, 15) is 0 Å². The highest BCUT2D eigenvalue weighted by molar-refractivity contribution is 7.71. The van der Waals surface area contributed by atoms with Crippen molar-refractivity contribution in [1.82, 2.24) is 9.55 Å². The first-order valence-electron chi connectivity index (χ1n) is 8.55. The van der Waals surface area contributed by atoms with E-state index in [1.165, 1.54) is 23.2 Å². The number of nitrogens with zero attached hydrogens (tertiary/aromatic N) is 2. The highest BCUT2D eigenvalue weighted by Gasteiger charge is 2.20. The van der Waals surface area contributed by atoms with Gasteiger partial charge in [-0.3, -0.25) is 0 Å². The number of fused-ring (bicyclic) bond motifs is 1. The Morgan fingerprint density at radius 2 is 1.62 bits per heavy atom. The third-order valence-corrected chi connectivity index (χ3v) is 5.07. The van der Waals surface area contributed by atoms with Crippen molar-refractivity contribution in [2.24, 2.45) is 0 Å². The summed E-state index contributed by atoms with van der Waals surface area (Å²) in [6.07, 6.45) is 4.37. The standard InChI is InChI=1S/C21H20N2S/c24-21-18-12-7-13-19(18)23(15-14-16-8-3-1-4-9-16)20(22-21)17-10-5-2-6-11-17/h1-6,8-11H,7,12-15H2. The van der Waals surface area contributed by atoms with E-state index in [1.54, 1.807) is 0 Å². The average molecular weight is 332 g/mol. The molecule has 120 valence electrons. The van der Waals surface area contributed by atoms with Crippen LogP contribution in [-0.2, 0) is 25.8 Å². The van der Waals surface area contributed by atoms with Crippen LogP contribution >= 0.6 is 12.2 Å². The van der Waals surface area contributed by atoms with Crippen LogP contribution in [0.5, 0.6) is 0 Å². The Hall–Kier alpha value is -2.26. The molecule has 0 fully saturated rings. The van der Waals surface area contributed by atoms with E-state index in [2.05, 4.69) is 59.2 Å². The molecule has 0 amide bonds. The molecule has 0 saturated carbocycles. The predicted octanol–water partition coefficient (Wildman–Crippen LogP) is 5.01. The first kappa shape index (κ1) is 15.3. The molecule has 0 bridgehead atoms. The van der Waals surface area contributed by atoms with Gasteiger partial charge in [-0.15, -0.1) is 0 Å². The van der Waals surface area contributed by atoms with Crippen molar-refractivity contribution < 1.29 is 0 Å². The zero-order valence-electron chi connectivity index (χ0n) is 13.6. The van der Waals surface area contributed by atoms with Gasteiger partial charge in [0.05, 0.1) is 0 Å². The van der Waals surface area contributed by atoms with Crippen LogP contribution in [0.2, 0.25) is 0 Å². The van der Waals surface area contributed by atoms with Crippen molar-refractivity contribution in [3.05, 3.63) is 82.1 Å². The van der Waals surface area contributed by atoms with Crippen LogP contribution in [-0.4, -0.2) is 9.55 Å². The van der Waals surface area contributed by atoms with E-state index in [1.807, 2.05) is 6.07 Å². The lowest BCUT2D eigenvalue weighted by Gasteiger charge is -2.18. The molecule has 1 heterocycles. The molecule has 0 atom stereocenters. The Labute approximate surface area is 147 Å². The number of aryl methyl sites for hydroxylation is 1. The van der Waals surface area contributed by atoms with E-state index in [-0.39, 0.29) is 0 Å². The second-order valence-electron chi connectivity index (χ2n) is 6.27. The van der Waals surface area contributed by atoms with Crippen molar-refractivity contribution in [3.8, 4) is 11.4 Å². The largest absolute Gasteiger partial charge is 0.329 e. The number of rotatable bonds is 4. The zero-order valence-corrected chi connectivity index (χ0v) is 14.4. The number of hydrogen-bond donors (Lipinski definition) is 0. The Kier molecular flexibility index (Phi) is 4.26. The zero-order chi connectivity index (χ0) is 16.4. The minimum atomic E-state index is 0.789. The fourth-order valence-corrected chi connectivity index (χ4v) is 3.85. The van der Waals surface area contributed by atoms with Crippen molar-refractivity contribution >= 4 is 12.2 Å². The van der Waals surface area contributed by atoms with Crippen LogP contribution in [0.25, 0.3) is 11.4 Å². The fourth-order valence-electron chi connectivity index (χ4n) is 3.54. The van der Waals surface area contributed by atoms with Gasteiger partial charge in [0.25, 0.3) is 0 Å². The summed E-state index contributed by atoms with van der Waals surface area (Å²) in [6, 6.07) is 21.1. The molecular formula is C21H20N2S. The lowest BCUT2D eigenvalue weighted by molar-refractivity contribution is 0.650. The Bertz CT molecular complexity index is 898. The predicted molar refractivity (Wildman–Crippen MR) is 101 cm³/mol. The maximum Gasteiger partial charge on any atom is 0.141 e. The monoisotopic (exact) mass is 332 g/mol. The number of hydrogen-bond acceptors (Lipinski definition) is 2. The van der Waals surface area contributed by atoms with Gasteiger partial charge in [0.15, 0.2) is 0 Å². The van der Waals surface area contributed by atoms with Gasteiger partial charge < -0.3 is 4.57 Å². The Morgan fingerprint density at radius 1 is 0.917 bits per heavy atom. The summed E-state index contributed by atoms with van der Waals surface area (Å²) >= 11 is 5.58. The van der Waals surface area contributed by atoms with E-state index >= 15 is 0 Å². The maximum absolute atomic E-state index is 5.58. The fraction of sp³-hybridized carbons (Fsp3) is 0.238. The molecule has 0 aliphatic heterocycles. The number of aromatic nitrogens is 2. The number of benzene rings is 2. The molecule has 0 saturated heterocycles. The summed E-state index contributed by atoms with van der Waals surface area (Å²) in [4.78, 5) is 4.81. The lowest BCUT2D eigenvalue weighted by Crippen LogP contribution is -2.13. The van der Waals surface area contributed by atoms with Gasteiger partial charge >= 0.3 is 0 Å². The van der Waals surface area contributed by atoms with Crippen LogP contribution in [0, 0.1) is 4.64 Å². The van der Waals surface area contributed by atoms with Gasteiger partial charge in [-0.25, -0.2) is 4.98 Å². The van der Waals surface area contributed by atoms with Gasteiger partial charge in [0.1, 0.15) is 10.5 Å². The normalized spacial score (nSPS) is 13.0. The van der Waals surface area contributed by atoms with Crippen molar-refractivity contribution in [2.45, 2.75) is 32.2 Å². The van der Waals surface area contributed by atoms with Gasteiger partial charge in [-0.2, -0.15) is 0 Å². The maximum atomic E-state index is 5.58. The van der Waals surface area contributed by atoms with Gasteiger partial charge in [0.2, 0.25) is 0 Å². The van der Waals surface area contributed by atoms with Gasteiger partial charge in [0, 0.05) is 23.4 Å². The highest BCUT2D eigenvalue weighted by atomic mass is 32.1. The third kappa shape index (κ3) is 2.92. The van der Waals surface area contributed by atoms with Crippen molar-refractivity contribution in [3.63, 3.8) is 0 Å². The van der Waals surface area contributed by atoms with Crippen molar-refractivity contribution in [2.75, 3.05) is 0 Å². The quantitative estimate of drug-likeness (QED) is 0.625. The molecular weight excluding hydrogens is 312 g/mol. The topological polar surface area (TPSA) is 17.8 Å². The van der Waals surface area contributed by atoms with Crippen LogP contribution in [0.15, 0.2) is 60.7 Å². The smallest absolute Gasteiger partial charge is 0.141 e. The summed E-state index contributed by atoms with van der Waals surface area (Å²) < 4.78 is 3.19. The van der Waals surface area contributed by atoms with Crippen LogP contribution in [0.4, 0.5) is 0 Å². The summed E-state index contributed by atoms with van der Waals surface area (Å²) in [7, 11) is 0. The first-order valence-corrected chi connectivity index (χ1v) is 8.96. The summed E-state index contributed by atoms with van der Waals surface area (Å²) in [5.41, 5.74) is 5.19. The summed E-state index contributed by atoms with van der Waals surface area (Å²) in [5, 5.41) is 0. The molecule has 4 rings (SSSR count). The minimum Gasteiger partial charge on any atom is -0.329 e. The van der Waals surface area contributed by atoms with Crippen molar-refractivity contribution in [1.29, 1.82) is 0 Å². The van der Waals surface area contributed by atoms with E-state index in [0.717, 1.165) is 41.8 Å². The van der Waals surface area contributed by atoms with E-state index in [4.69, 9.17) is 17.2 Å². The highest BCUT2D eigenvalue weighted by Crippen LogP contribution is 2.28. The SMILES string of the molecule is S=c1nc(-c2ccccc2)n(CCc2ccccc2)c2c1CCC2. The summed E-state index contributed by atoms with van der Waals surface area (Å²) in [5.74, 6) is 1.01. The summed E-state index contributed by atoms with van der Waals surface area (Å²) in [6.45, 7) is 0.944. The van der Waals surface area contributed by atoms with E-state index in [0.29, 0.717) is 0 Å². The Morgan fingerprint density at radius 3 is 2.38 bits per heavy atom. The average Bonchev–Trinajstić information content (AvgIpc) is 3.13. The molecule has 1 aliphatic rings. The molecule has 3 heteroatoms. The molecule has 2 nitrogen and oxygen atoms in total. The molecule has 0 unspecified atom stereocenters. The molecule has 24 heavy (non-hydrogen) atoms. The molecule has 2 aromatic carbocycles. The lowest BCUT2D eigenvalue weighted by atomic mass is 10.1. The molecule has 1 aromatic heterocycles. The molecule has 0 spiro atoms. The Balaban J connectivity index is 1.79. The van der Waals surface area contributed by atoms with Gasteiger partial charge in [-0.05, 0) is 31.2 Å².